The third-order valence-electron chi connectivity index (χ3n) is 4.07. The number of benzene rings is 2. The normalized spacial score (nSPS) is 10.4. The zero-order valence-electron chi connectivity index (χ0n) is 16.1. The Morgan fingerprint density at radius 2 is 1.93 bits per heavy atom. The van der Waals surface area contributed by atoms with E-state index in [1.165, 1.54) is 36.6 Å². The summed E-state index contributed by atoms with van der Waals surface area (Å²) in [6.07, 6.45) is 0. The number of amides is 1. The van der Waals surface area contributed by atoms with Crippen molar-refractivity contribution in [2.24, 2.45) is 0 Å². The molecule has 0 aliphatic heterocycles. The van der Waals surface area contributed by atoms with Crippen LogP contribution in [0.4, 0.5) is 11.4 Å². The van der Waals surface area contributed by atoms with Crippen LogP contribution in [0.1, 0.15) is 25.9 Å². The summed E-state index contributed by atoms with van der Waals surface area (Å²) in [5, 5.41) is 14.3. The highest BCUT2D eigenvalue weighted by atomic mass is 32.1. The van der Waals surface area contributed by atoms with Crippen LogP contribution in [-0.4, -0.2) is 22.9 Å². The molecule has 0 saturated carbocycles. The lowest BCUT2D eigenvalue weighted by Crippen LogP contribution is -2.12. The predicted octanol–water partition coefficient (Wildman–Crippen LogP) is 4.51. The summed E-state index contributed by atoms with van der Waals surface area (Å²) in [7, 11) is 1.43. The van der Waals surface area contributed by atoms with Gasteiger partial charge in [0, 0.05) is 12.1 Å². The lowest BCUT2D eigenvalue weighted by atomic mass is 10.2. The van der Waals surface area contributed by atoms with Crippen LogP contribution in [0.3, 0.4) is 0 Å². The molecule has 0 aliphatic carbocycles. The second-order valence-electron chi connectivity index (χ2n) is 6.22. The SMILES string of the molecule is COc1ccc([N+](=O)[O-])cc1NC(=O)c1sc(COc2ccc(C)cc2)nc1C. The Labute approximate surface area is 171 Å². The minimum Gasteiger partial charge on any atom is -0.495 e. The van der Waals surface area contributed by atoms with E-state index < -0.39 is 10.8 Å². The molecule has 0 fully saturated rings. The summed E-state index contributed by atoms with van der Waals surface area (Å²) in [4.78, 5) is 28.0. The molecule has 0 saturated heterocycles. The minimum absolute atomic E-state index is 0.144. The van der Waals surface area contributed by atoms with E-state index in [1.54, 1.807) is 6.92 Å². The van der Waals surface area contributed by atoms with Gasteiger partial charge in [0.05, 0.1) is 23.4 Å². The van der Waals surface area contributed by atoms with Crippen molar-refractivity contribution < 1.29 is 19.2 Å². The fraction of sp³-hybridized carbons (Fsp3) is 0.200. The van der Waals surface area contributed by atoms with Gasteiger partial charge in [0.1, 0.15) is 28.0 Å². The van der Waals surface area contributed by atoms with Crippen molar-refractivity contribution in [1.82, 2.24) is 4.98 Å². The third kappa shape index (κ3) is 4.88. The maximum Gasteiger partial charge on any atom is 0.271 e. The van der Waals surface area contributed by atoms with E-state index in [0.717, 1.165) is 11.3 Å². The third-order valence-corrected chi connectivity index (χ3v) is 5.20. The quantitative estimate of drug-likeness (QED) is 0.451. The number of hydrogen-bond donors (Lipinski definition) is 1. The number of carbonyl (C=O) groups excluding carboxylic acids is 1. The van der Waals surface area contributed by atoms with Gasteiger partial charge in [0.15, 0.2) is 0 Å². The van der Waals surface area contributed by atoms with Gasteiger partial charge >= 0.3 is 0 Å². The van der Waals surface area contributed by atoms with Crippen LogP contribution in [0, 0.1) is 24.0 Å². The first kappa shape index (κ1) is 20.3. The number of nitrogens with zero attached hydrogens (tertiary/aromatic N) is 2. The molecular weight excluding hydrogens is 394 g/mol. The van der Waals surface area contributed by atoms with Gasteiger partial charge in [-0.25, -0.2) is 4.98 Å². The van der Waals surface area contributed by atoms with E-state index in [9.17, 15) is 14.9 Å². The van der Waals surface area contributed by atoms with Crippen molar-refractivity contribution in [1.29, 1.82) is 0 Å². The molecule has 2 aromatic carbocycles. The molecule has 1 heterocycles. The molecule has 1 N–H and O–H groups in total. The van der Waals surface area contributed by atoms with E-state index in [4.69, 9.17) is 9.47 Å². The molecule has 8 nitrogen and oxygen atoms in total. The van der Waals surface area contributed by atoms with Gasteiger partial charge in [-0.3, -0.25) is 14.9 Å². The fourth-order valence-corrected chi connectivity index (χ4v) is 3.46. The number of rotatable bonds is 7. The Morgan fingerprint density at radius 1 is 1.21 bits per heavy atom. The topological polar surface area (TPSA) is 104 Å². The molecule has 0 atom stereocenters. The van der Waals surface area contributed by atoms with Crippen LogP contribution in [0.5, 0.6) is 11.5 Å². The fourth-order valence-electron chi connectivity index (χ4n) is 2.59. The first-order valence-electron chi connectivity index (χ1n) is 8.67. The highest BCUT2D eigenvalue weighted by Gasteiger charge is 2.19. The largest absolute Gasteiger partial charge is 0.495 e. The Balaban J connectivity index is 1.74. The highest BCUT2D eigenvalue weighted by molar-refractivity contribution is 7.13. The van der Waals surface area contributed by atoms with Crippen molar-refractivity contribution in [3.05, 3.63) is 73.7 Å². The van der Waals surface area contributed by atoms with Crippen LogP contribution in [-0.2, 0) is 6.61 Å². The zero-order valence-corrected chi connectivity index (χ0v) is 16.9. The molecule has 0 radical (unpaired) electrons. The molecule has 1 amide bonds. The number of aromatic nitrogens is 1. The molecular formula is C20H19N3O5S. The number of nitrogens with one attached hydrogen (secondary N) is 1. The molecule has 29 heavy (non-hydrogen) atoms. The average Bonchev–Trinajstić information content (AvgIpc) is 3.08. The maximum atomic E-state index is 12.7. The molecule has 3 rings (SSSR count). The van der Waals surface area contributed by atoms with Crippen molar-refractivity contribution in [3.8, 4) is 11.5 Å². The summed E-state index contributed by atoms with van der Waals surface area (Å²) in [5.74, 6) is 0.630. The lowest BCUT2D eigenvalue weighted by molar-refractivity contribution is -0.384. The molecule has 0 bridgehead atoms. The minimum atomic E-state index is -0.534. The van der Waals surface area contributed by atoms with Crippen LogP contribution in [0.25, 0.3) is 0 Å². The van der Waals surface area contributed by atoms with Crippen LogP contribution in [0.15, 0.2) is 42.5 Å². The maximum absolute atomic E-state index is 12.7. The number of anilines is 1. The second kappa shape index (κ2) is 8.70. The van der Waals surface area contributed by atoms with E-state index >= 15 is 0 Å². The number of hydrogen-bond acceptors (Lipinski definition) is 7. The van der Waals surface area contributed by atoms with Crippen LogP contribution in [0.2, 0.25) is 0 Å². The number of non-ortho nitro benzene ring substituents is 1. The zero-order chi connectivity index (χ0) is 21.0. The number of ether oxygens (including phenoxy) is 2. The molecule has 0 unspecified atom stereocenters. The molecule has 3 aromatic rings. The number of nitro benzene ring substituents is 1. The summed E-state index contributed by atoms with van der Waals surface area (Å²) in [6, 6.07) is 11.7. The van der Waals surface area contributed by atoms with Gasteiger partial charge in [-0.05, 0) is 32.0 Å². The van der Waals surface area contributed by atoms with Crippen LogP contribution < -0.4 is 14.8 Å². The summed E-state index contributed by atoms with van der Waals surface area (Å²) in [6.45, 7) is 3.96. The first-order valence-corrected chi connectivity index (χ1v) is 9.48. The van der Waals surface area contributed by atoms with Crippen molar-refractivity contribution in [2.45, 2.75) is 20.5 Å². The Kier molecular flexibility index (Phi) is 6.08. The Bertz CT molecular complexity index is 1050. The smallest absolute Gasteiger partial charge is 0.271 e. The van der Waals surface area contributed by atoms with E-state index in [2.05, 4.69) is 10.3 Å². The van der Waals surface area contributed by atoms with Gasteiger partial charge in [0.2, 0.25) is 0 Å². The highest BCUT2D eigenvalue weighted by Crippen LogP contribution is 2.30. The second-order valence-corrected chi connectivity index (χ2v) is 7.30. The van der Waals surface area contributed by atoms with E-state index in [0.29, 0.717) is 21.3 Å². The van der Waals surface area contributed by atoms with Crippen molar-refractivity contribution in [3.63, 3.8) is 0 Å². The number of carbonyl (C=O) groups is 1. The van der Waals surface area contributed by atoms with E-state index in [1.807, 2.05) is 31.2 Å². The number of thiazole rings is 1. The monoisotopic (exact) mass is 413 g/mol. The number of aryl methyl sites for hydroxylation is 2. The number of methoxy groups -OCH3 is 1. The first-order chi connectivity index (χ1) is 13.9. The lowest BCUT2D eigenvalue weighted by Gasteiger charge is -2.09. The predicted molar refractivity (Wildman–Crippen MR) is 110 cm³/mol. The van der Waals surface area contributed by atoms with Crippen LogP contribution >= 0.6 is 11.3 Å². The molecule has 0 aliphatic rings. The Morgan fingerprint density at radius 3 is 2.59 bits per heavy atom. The standard InChI is InChI=1S/C20H19N3O5S/c1-12-4-7-15(8-5-12)28-11-18-21-13(2)19(29-18)20(24)22-16-10-14(23(25)26)6-9-17(16)27-3/h4-10H,11H2,1-3H3,(H,22,24). The van der Waals surface area contributed by atoms with Gasteiger partial charge in [-0.2, -0.15) is 0 Å². The van der Waals surface area contributed by atoms with Crippen molar-refractivity contribution in [2.75, 3.05) is 12.4 Å². The summed E-state index contributed by atoms with van der Waals surface area (Å²) >= 11 is 1.21. The van der Waals surface area contributed by atoms with Gasteiger partial charge in [0.25, 0.3) is 11.6 Å². The molecule has 1 aromatic heterocycles. The number of nitro groups is 1. The summed E-state index contributed by atoms with van der Waals surface area (Å²) < 4.78 is 10.9. The average molecular weight is 413 g/mol. The molecule has 0 spiro atoms. The Hall–Kier alpha value is -3.46. The molecule has 150 valence electrons. The van der Waals surface area contributed by atoms with Crippen molar-refractivity contribution >= 4 is 28.6 Å². The van der Waals surface area contributed by atoms with Gasteiger partial charge < -0.3 is 14.8 Å². The summed E-state index contributed by atoms with van der Waals surface area (Å²) in [5.41, 5.74) is 1.77. The van der Waals surface area contributed by atoms with Gasteiger partial charge in [-0.15, -0.1) is 11.3 Å². The van der Waals surface area contributed by atoms with E-state index in [-0.39, 0.29) is 18.0 Å². The molecule has 9 heteroatoms. The van der Waals surface area contributed by atoms with Gasteiger partial charge in [-0.1, -0.05) is 17.7 Å².